The van der Waals surface area contributed by atoms with Gasteiger partial charge in [0.05, 0.1) is 6.04 Å². The molecule has 106 valence electrons. The van der Waals surface area contributed by atoms with Gasteiger partial charge in [-0.3, -0.25) is 0 Å². The van der Waals surface area contributed by atoms with Crippen LogP contribution in [0.25, 0.3) is 0 Å². The molecular weight excluding hydrogens is 236 g/mol. The fourth-order valence-electron chi connectivity index (χ4n) is 3.84. The molecule has 0 saturated heterocycles. The quantitative estimate of drug-likeness (QED) is 0.910. The van der Waals surface area contributed by atoms with Crippen molar-refractivity contribution in [2.75, 3.05) is 6.54 Å². The van der Waals surface area contributed by atoms with E-state index in [1.165, 1.54) is 37.3 Å². The van der Waals surface area contributed by atoms with Gasteiger partial charge < -0.3 is 9.88 Å². The molecule has 2 heterocycles. The summed E-state index contributed by atoms with van der Waals surface area (Å²) in [5.41, 5.74) is 0.384. The second kappa shape index (κ2) is 4.89. The molecule has 1 aromatic heterocycles. The molecule has 1 aromatic rings. The van der Waals surface area contributed by atoms with Gasteiger partial charge in [-0.15, -0.1) is 10.2 Å². The highest BCUT2D eigenvalue weighted by Crippen LogP contribution is 2.48. The lowest BCUT2D eigenvalue weighted by Gasteiger charge is -2.29. The Hall–Kier alpha value is -0.900. The fourth-order valence-corrected chi connectivity index (χ4v) is 3.84. The van der Waals surface area contributed by atoms with Gasteiger partial charge in [-0.2, -0.15) is 0 Å². The number of hydrogen-bond acceptors (Lipinski definition) is 3. The molecule has 2 atom stereocenters. The minimum atomic E-state index is 0.384. The van der Waals surface area contributed by atoms with Crippen molar-refractivity contribution in [3.8, 4) is 0 Å². The van der Waals surface area contributed by atoms with Gasteiger partial charge in [-0.25, -0.2) is 0 Å². The Labute approximate surface area is 116 Å². The van der Waals surface area contributed by atoms with Crippen LogP contribution in [0.15, 0.2) is 0 Å². The Morgan fingerprint density at radius 3 is 2.79 bits per heavy atom. The molecule has 1 fully saturated rings. The number of rotatable bonds is 3. The standard InChI is InChI=1S/C15H26N4/c1-4-6-12-14-18-17-13(19(14)10-9-16-12)11-7-5-8-15(11,2)3/h11-12,16H,4-10H2,1-3H3. The van der Waals surface area contributed by atoms with E-state index in [1.54, 1.807) is 0 Å². The molecule has 4 heteroatoms. The molecule has 3 rings (SSSR count). The second-order valence-electron chi connectivity index (χ2n) is 6.80. The molecule has 1 saturated carbocycles. The van der Waals surface area contributed by atoms with E-state index in [-0.39, 0.29) is 0 Å². The van der Waals surface area contributed by atoms with Crippen LogP contribution in [0.3, 0.4) is 0 Å². The lowest BCUT2D eigenvalue weighted by molar-refractivity contribution is 0.306. The SMILES string of the molecule is CCCC1NCCn2c1nnc2C1CCCC1(C)C. The highest BCUT2D eigenvalue weighted by molar-refractivity contribution is 5.12. The van der Waals surface area contributed by atoms with Crippen LogP contribution in [0.2, 0.25) is 0 Å². The highest BCUT2D eigenvalue weighted by Gasteiger charge is 2.39. The summed E-state index contributed by atoms with van der Waals surface area (Å²) in [5.74, 6) is 3.01. The van der Waals surface area contributed by atoms with Crippen LogP contribution in [0.5, 0.6) is 0 Å². The highest BCUT2D eigenvalue weighted by atomic mass is 15.3. The predicted molar refractivity (Wildman–Crippen MR) is 76.0 cm³/mol. The van der Waals surface area contributed by atoms with E-state index < -0.39 is 0 Å². The summed E-state index contributed by atoms with van der Waals surface area (Å²) in [6.07, 6.45) is 6.27. The van der Waals surface area contributed by atoms with Crippen LogP contribution in [0.4, 0.5) is 0 Å². The van der Waals surface area contributed by atoms with Crippen molar-refractivity contribution in [2.24, 2.45) is 5.41 Å². The average Bonchev–Trinajstić information content (AvgIpc) is 2.93. The van der Waals surface area contributed by atoms with Gasteiger partial charge in [0.2, 0.25) is 0 Å². The van der Waals surface area contributed by atoms with Gasteiger partial charge >= 0.3 is 0 Å². The number of nitrogens with zero attached hydrogens (tertiary/aromatic N) is 3. The Balaban J connectivity index is 1.92. The summed E-state index contributed by atoms with van der Waals surface area (Å²) in [4.78, 5) is 0. The maximum atomic E-state index is 4.58. The molecule has 19 heavy (non-hydrogen) atoms. The van der Waals surface area contributed by atoms with Crippen LogP contribution in [-0.2, 0) is 6.54 Å². The molecule has 2 aliphatic rings. The van der Waals surface area contributed by atoms with E-state index >= 15 is 0 Å². The Bertz CT molecular complexity index is 449. The van der Waals surface area contributed by atoms with E-state index in [2.05, 4.69) is 40.9 Å². The molecule has 0 bridgehead atoms. The summed E-state index contributed by atoms with van der Waals surface area (Å²) < 4.78 is 2.41. The minimum absolute atomic E-state index is 0.384. The molecule has 2 unspecified atom stereocenters. The Morgan fingerprint density at radius 2 is 2.11 bits per heavy atom. The summed E-state index contributed by atoms with van der Waals surface area (Å²) in [6, 6.07) is 0.407. The summed E-state index contributed by atoms with van der Waals surface area (Å²) in [6.45, 7) is 9.09. The molecule has 0 amide bonds. The first-order valence-electron chi connectivity index (χ1n) is 7.80. The van der Waals surface area contributed by atoms with Gasteiger partial charge in [0, 0.05) is 19.0 Å². The Morgan fingerprint density at radius 1 is 1.32 bits per heavy atom. The zero-order valence-corrected chi connectivity index (χ0v) is 12.4. The first-order valence-corrected chi connectivity index (χ1v) is 7.80. The van der Waals surface area contributed by atoms with Crippen molar-refractivity contribution in [1.82, 2.24) is 20.1 Å². The van der Waals surface area contributed by atoms with Crippen molar-refractivity contribution in [1.29, 1.82) is 0 Å². The first kappa shape index (κ1) is 13.1. The van der Waals surface area contributed by atoms with Crippen molar-refractivity contribution in [3.63, 3.8) is 0 Å². The van der Waals surface area contributed by atoms with Gasteiger partial charge in [-0.1, -0.05) is 33.6 Å². The third kappa shape index (κ3) is 2.20. The van der Waals surface area contributed by atoms with Crippen LogP contribution in [0.1, 0.15) is 76.5 Å². The smallest absolute Gasteiger partial charge is 0.150 e. The van der Waals surface area contributed by atoms with Crippen LogP contribution in [-0.4, -0.2) is 21.3 Å². The van der Waals surface area contributed by atoms with Crippen molar-refractivity contribution in [3.05, 3.63) is 11.6 Å². The van der Waals surface area contributed by atoms with E-state index in [4.69, 9.17) is 0 Å². The maximum absolute atomic E-state index is 4.58. The normalized spacial score (nSPS) is 29.4. The number of hydrogen-bond donors (Lipinski definition) is 1. The number of nitrogens with one attached hydrogen (secondary N) is 1. The Kier molecular flexibility index (Phi) is 3.37. The van der Waals surface area contributed by atoms with E-state index in [9.17, 15) is 0 Å². The zero-order chi connectivity index (χ0) is 13.5. The molecular formula is C15H26N4. The third-order valence-electron chi connectivity index (χ3n) is 4.99. The fraction of sp³-hybridized carbons (Fsp3) is 0.867. The predicted octanol–water partition coefficient (Wildman–Crippen LogP) is 3.02. The lowest BCUT2D eigenvalue weighted by atomic mass is 9.81. The van der Waals surface area contributed by atoms with Crippen molar-refractivity contribution < 1.29 is 0 Å². The van der Waals surface area contributed by atoms with Gasteiger partial charge in [0.15, 0.2) is 0 Å². The van der Waals surface area contributed by atoms with Gasteiger partial charge in [0.25, 0.3) is 0 Å². The third-order valence-corrected chi connectivity index (χ3v) is 4.99. The largest absolute Gasteiger partial charge is 0.312 e. The van der Waals surface area contributed by atoms with E-state index in [0.29, 0.717) is 17.4 Å². The second-order valence-corrected chi connectivity index (χ2v) is 6.80. The van der Waals surface area contributed by atoms with Crippen LogP contribution < -0.4 is 5.32 Å². The summed E-state index contributed by atoms with van der Waals surface area (Å²) in [7, 11) is 0. The monoisotopic (exact) mass is 262 g/mol. The van der Waals surface area contributed by atoms with Crippen LogP contribution >= 0.6 is 0 Å². The molecule has 4 nitrogen and oxygen atoms in total. The zero-order valence-electron chi connectivity index (χ0n) is 12.4. The molecule has 0 aromatic carbocycles. The molecule has 1 aliphatic carbocycles. The topological polar surface area (TPSA) is 42.7 Å². The van der Waals surface area contributed by atoms with Crippen molar-refractivity contribution in [2.45, 2.75) is 71.4 Å². The number of fused-ring (bicyclic) bond motifs is 1. The van der Waals surface area contributed by atoms with E-state index in [1.807, 2.05) is 0 Å². The summed E-state index contributed by atoms with van der Waals surface area (Å²) >= 11 is 0. The van der Waals surface area contributed by atoms with Crippen molar-refractivity contribution >= 4 is 0 Å². The molecule has 0 spiro atoms. The average molecular weight is 262 g/mol. The first-order chi connectivity index (χ1) is 9.13. The molecule has 0 radical (unpaired) electrons. The number of aromatic nitrogens is 3. The lowest BCUT2D eigenvalue weighted by Crippen LogP contribution is -2.35. The van der Waals surface area contributed by atoms with Crippen LogP contribution in [0, 0.1) is 5.41 Å². The molecule has 1 N–H and O–H groups in total. The summed E-state index contributed by atoms with van der Waals surface area (Å²) in [5, 5.41) is 12.7. The van der Waals surface area contributed by atoms with Gasteiger partial charge in [0.1, 0.15) is 11.6 Å². The van der Waals surface area contributed by atoms with Gasteiger partial charge in [-0.05, 0) is 24.7 Å². The van der Waals surface area contributed by atoms with E-state index in [0.717, 1.165) is 19.5 Å². The molecule has 1 aliphatic heterocycles. The minimum Gasteiger partial charge on any atom is -0.312 e. The maximum Gasteiger partial charge on any atom is 0.150 e.